The van der Waals surface area contributed by atoms with Gasteiger partial charge in [0.25, 0.3) is 5.91 Å². The molecule has 0 aromatic carbocycles. The van der Waals surface area contributed by atoms with Crippen LogP contribution in [0.15, 0.2) is 17.5 Å². The molecule has 98 valence electrons. The molecule has 1 saturated carbocycles. The summed E-state index contributed by atoms with van der Waals surface area (Å²) in [7, 11) is 0. The zero-order valence-corrected chi connectivity index (χ0v) is 11.4. The standard InChI is InChI=1S/C13H18N2O2S/c1-8(10-5-6-10)14-12(16)9(2)15-13(17)11-4-3-7-18-11/h3-4,7-10H,5-6H2,1-2H3,(H,14,16)(H,15,17). The van der Waals surface area contributed by atoms with Crippen molar-refractivity contribution >= 4 is 23.2 Å². The predicted octanol–water partition coefficient (Wildman–Crippen LogP) is 1.78. The molecule has 1 aliphatic rings. The smallest absolute Gasteiger partial charge is 0.261 e. The lowest BCUT2D eigenvalue weighted by molar-refractivity contribution is -0.123. The molecular weight excluding hydrogens is 248 g/mol. The Balaban J connectivity index is 1.81. The van der Waals surface area contributed by atoms with Gasteiger partial charge in [0.2, 0.25) is 5.91 Å². The van der Waals surface area contributed by atoms with E-state index in [0.29, 0.717) is 10.8 Å². The summed E-state index contributed by atoms with van der Waals surface area (Å²) in [5.74, 6) is 0.320. The van der Waals surface area contributed by atoms with E-state index in [-0.39, 0.29) is 17.9 Å². The Morgan fingerprint density at radius 2 is 2.06 bits per heavy atom. The fourth-order valence-corrected chi connectivity index (χ4v) is 2.43. The van der Waals surface area contributed by atoms with Gasteiger partial charge in [0.15, 0.2) is 0 Å². The molecule has 1 aromatic rings. The molecule has 2 rings (SSSR count). The lowest BCUT2D eigenvalue weighted by Crippen LogP contribution is -2.47. The second-order valence-electron chi connectivity index (χ2n) is 4.81. The fourth-order valence-electron chi connectivity index (χ4n) is 1.80. The van der Waals surface area contributed by atoms with Crippen LogP contribution in [-0.4, -0.2) is 23.9 Å². The number of carbonyl (C=O) groups is 2. The lowest BCUT2D eigenvalue weighted by Gasteiger charge is -2.17. The number of amides is 2. The second-order valence-corrected chi connectivity index (χ2v) is 5.75. The fraction of sp³-hybridized carbons (Fsp3) is 0.538. The number of carbonyl (C=O) groups excluding carboxylic acids is 2. The largest absolute Gasteiger partial charge is 0.352 e. The van der Waals surface area contributed by atoms with Gasteiger partial charge < -0.3 is 10.6 Å². The highest BCUT2D eigenvalue weighted by Gasteiger charge is 2.30. The molecule has 2 N–H and O–H groups in total. The monoisotopic (exact) mass is 266 g/mol. The van der Waals surface area contributed by atoms with E-state index in [1.807, 2.05) is 18.4 Å². The zero-order valence-electron chi connectivity index (χ0n) is 10.6. The number of thiophene rings is 1. The molecule has 5 heteroatoms. The van der Waals surface area contributed by atoms with Crippen LogP contribution in [0, 0.1) is 5.92 Å². The summed E-state index contributed by atoms with van der Waals surface area (Å²) in [5, 5.41) is 7.49. The van der Waals surface area contributed by atoms with E-state index in [2.05, 4.69) is 10.6 Å². The van der Waals surface area contributed by atoms with Gasteiger partial charge in [-0.2, -0.15) is 0 Å². The first-order valence-corrected chi connectivity index (χ1v) is 7.10. The third-order valence-corrected chi connectivity index (χ3v) is 4.05. The van der Waals surface area contributed by atoms with Crippen molar-refractivity contribution in [3.8, 4) is 0 Å². The van der Waals surface area contributed by atoms with Crippen LogP contribution in [-0.2, 0) is 4.79 Å². The Labute approximate surface area is 111 Å². The van der Waals surface area contributed by atoms with Gasteiger partial charge in [-0.1, -0.05) is 6.07 Å². The topological polar surface area (TPSA) is 58.2 Å². The van der Waals surface area contributed by atoms with Gasteiger partial charge in [-0.25, -0.2) is 0 Å². The van der Waals surface area contributed by atoms with Gasteiger partial charge in [-0.15, -0.1) is 11.3 Å². The van der Waals surface area contributed by atoms with E-state index in [1.165, 1.54) is 24.2 Å². The summed E-state index contributed by atoms with van der Waals surface area (Å²) < 4.78 is 0. The van der Waals surface area contributed by atoms with E-state index >= 15 is 0 Å². The summed E-state index contributed by atoms with van der Waals surface area (Å²) in [5.41, 5.74) is 0. The van der Waals surface area contributed by atoms with Crippen LogP contribution in [0.1, 0.15) is 36.4 Å². The maximum Gasteiger partial charge on any atom is 0.261 e. The molecule has 1 heterocycles. The third-order valence-electron chi connectivity index (χ3n) is 3.18. The van der Waals surface area contributed by atoms with Gasteiger partial charge >= 0.3 is 0 Å². The van der Waals surface area contributed by atoms with Crippen molar-refractivity contribution in [3.63, 3.8) is 0 Å². The van der Waals surface area contributed by atoms with Crippen LogP contribution in [0.2, 0.25) is 0 Å². The first-order valence-electron chi connectivity index (χ1n) is 6.22. The van der Waals surface area contributed by atoms with E-state index in [4.69, 9.17) is 0 Å². The van der Waals surface area contributed by atoms with Crippen LogP contribution in [0.3, 0.4) is 0 Å². The molecule has 0 radical (unpaired) electrons. The van der Waals surface area contributed by atoms with Crippen molar-refractivity contribution in [1.82, 2.24) is 10.6 Å². The Morgan fingerprint density at radius 1 is 1.33 bits per heavy atom. The van der Waals surface area contributed by atoms with Crippen LogP contribution in [0.5, 0.6) is 0 Å². The summed E-state index contributed by atoms with van der Waals surface area (Å²) in [4.78, 5) is 24.3. The molecule has 18 heavy (non-hydrogen) atoms. The minimum Gasteiger partial charge on any atom is -0.352 e. The van der Waals surface area contributed by atoms with E-state index in [0.717, 1.165) is 0 Å². The minimum absolute atomic E-state index is 0.112. The molecule has 2 amide bonds. The molecule has 4 nitrogen and oxygen atoms in total. The molecule has 1 aromatic heterocycles. The normalized spacial score (nSPS) is 17.9. The average Bonchev–Trinajstić information content (AvgIpc) is 3.04. The van der Waals surface area contributed by atoms with Gasteiger partial charge in [-0.05, 0) is 44.1 Å². The number of nitrogens with one attached hydrogen (secondary N) is 2. The molecule has 0 aliphatic heterocycles. The Kier molecular flexibility index (Phi) is 4.01. The van der Waals surface area contributed by atoms with Crippen molar-refractivity contribution in [2.75, 3.05) is 0 Å². The SMILES string of the molecule is CC(NC(=O)c1cccs1)C(=O)NC(C)C1CC1. The maximum atomic E-state index is 11.9. The summed E-state index contributed by atoms with van der Waals surface area (Å²) in [6.45, 7) is 3.73. The summed E-state index contributed by atoms with van der Waals surface area (Å²) in [6.07, 6.45) is 2.38. The molecule has 0 bridgehead atoms. The Morgan fingerprint density at radius 3 is 2.61 bits per heavy atom. The highest BCUT2D eigenvalue weighted by molar-refractivity contribution is 7.12. The van der Waals surface area contributed by atoms with Gasteiger partial charge in [0.1, 0.15) is 6.04 Å². The number of rotatable bonds is 5. The van der Waals surface area contributed by atoms with Crippen LogP contribution in [0.4, 0.5) is 0 Å². The summed E-state index contributed by atoms with van der Waals surface area (Å²) >= 11 is 1.37. The highest BCUT2D eigenvalue weighted by Crippen LogP contribution is 2.32. The van der Waals surface area contributed by atoms with Gasteiger partial charge in [-0.3, -0.25) is 9.59 Å². The highest BCUT2D eigenvalue weighted by atomic mass is 32.1. The van der Waals surface area contributed by atoms with Crippen molar-refractivity contribution in [2.45, 2.75) is 38.8 Å². The second kappa shape index (κ2) is 5.52. The molecule has 2 unspecified atom stereocenters. The van der Waals surface area contributed by atoms with E-state index < -0.39 is 6.04 Å². The molecule has 2 atom stereocenters. The van der Waals surface area contributed by atoms with Crippen molar-refractivity contribution in [1.29, 1.82) is 0 Å². The zero-order chi connectivity index (χ0) is 13.1. The molecule has 1 fully saturated rings. The third kappa shape index (κ3) is 3.32. The van der Waals surface area contributed by atoms with Gasteiger partial charge in [0.05, 0.1) is 4.88 Å². The van der Waals surface area contributed by atoms with E-state index in [1.54, 1.807) is 13.0 Å². The predicted molar refractivity (Wildman–Crippen MR) is 71.6 cm³/mol. The van der Waals surface area contributed by atoms with Gasteiger partial charge in [0, 0.05) is 6.04 Å². The summed E-state index contributed by atoms with van der Waals surface area (Å²) in [6, 6.07) is 3.27. The number of hydrogen-bond acceptors (Lipinski definition) is 3. The van der Waals surface area contributed by atoms with Crippen LogP contribution in [0.25, 0.3) is 0 Å². The lowest BCUT2D eigenvalue weighted by atomic mass is 10.2. The van der Waals surface area contributed by atoms with Crippen LogP contribution >= 0.6 is 11.3 Å². The molecular formula is C13H18N2O2S. The minimum atomic E-state index is -0.499. The molecule has 0 spiro atoms. The number of hydrogen-bond donors (Lipinski definition) is 2. The first-order chi connectivity index (χ1) is 8.58. The Hall–Kier alpha value is -1.36. The van der Waals surface area contributed by atoms with Crippen molar-refractivity contribution in [2.24, 2.45) is 5.92 Å². The maximum absolute atomic E-state index is 11.9. The molecule has 0 saturated heterocycles. The van der Waals surface area contributed by atoms with Crippen molar-refractivity contribution < 1.29 is 9.59 Å². The first kappa shape index (κ1) is 13.1. The Bertz CT molecular complexity index is 426. The van der Waals surface area contributed by atoms with E-state index in [9.17, 15) is 9.59 Å². The average molecular weight is 266 g/mol. The quantitative estimate of drug-likeness (QED) is 0.853. The van der Waals surface area contributed by atoms with Crippen LogP contribution < -0.4 is 10.6 Å². The van der Waals surface area contributed by atoms with Crippen molar-refractivity contribution in [3.05, 3.63) is 22.4 Å². The molecule has 1 aliphatic carbocycles.